The van der Waals surface area contributed by atoms with Crippen LogP contribution < -0.4 is 0 Å². The number of aliphatic hydroxyl groups is 1. The van der Waals surface area contributed by atoms with Crippen molar-refractivity contribution in [2.75, 3.05) is 7.11 Å². The number of rotatable bonds is 5. The van der Waals surface area contributed by atoms with Crippen LogP contribution >= 0.6 is 0 Å². The Kier molecular flexibility index (Phi) is 6.50. The molecule has 1 fully saturated rings. The molecule has 0 saturated heterocycles. The lowest BCUT2D eigenvalue weighted by Crippen LogP contribution is -2.47. The summed E-state index contributed by atoms with van der Waals surface area (Å²) in [4.78, 5) is 12.1. The van der Waals surface area contributed by atoms with Crippen LogP contribution in [0.2, 0.25) is 19.6 Å². The highest BCUT2D eigenvalue weighted by Gasteiger charge is 2.45. The quantitative estimate of drug-likeness (QED) is 0.464. The van der Waals surface area contributed by atoms with E-state index in [1.165, 1.54) is 13.5 Å². The fourth-order valence-corrected chi connectivity index (χ4v) is 4.70. The number of hydrogen-bond donors (Lipinski definition) is 1. The molecule has 0 aromatic carbocycles. The molecule has 6 heteroatoms. The van der Waals surface area contributed by atoms with Gasteiger partial charge in [-0.25, -0.2) is 4.79 Å². The number of hydrogen-bond acceptors (Lipinski definition) is 5. The number of ether oxygens (including phenoxy) is 2. The minimum atomic E-state index is -1.69. The summed E-state index contributed by atoms with van der Waals surface area (Å²) in [6.07, 6.45) is 8.92. The molecule has 2 aliphatic carbocycles. The second-order valence-corrected chi connectivity index (χ2v) is 12.3. The maximum atomic E-state index is 12.1. The summed E-state index contributed by atoms with van der Waals surface area (Å²) in [5, 5.41) is 10.8. The minimum absolute atomic E-state index is 0.0314. The zero-order chi connectivity index (χ0) is 17.8. The van der Waals surface area contributed by atoms with E-state index in [4.69, 9.17) is 13.9 Å². The van der Waals surface area contributed by atoms with Crippen LogP contribution in [0.5, 0.6) is 0 Å². The van der Waals surface area contributed by atoms with Crippen LogP contribution in [0.15, 0.2) is 11.8 Å². The third kappa shape index (κ3) is 4.83. The Balaban J connectivity index is 2.17. The molecule has 2 aliphatic rings. The molecular formula is C18H32O5Si. The minimum Gasteiger partial charge on any atom is -0.489 e. The normalized spacial score (nSPS) is 31.8. The molecule has 0 radical (unpaired) electrons. The maximum Gasteiger partial charge on any atom is 0.345 e. The summed E-state index contributed by atoms with van der Waals surface area (Å²) >= 11 is 0. The van der Waals surface area contributed by atoms with E-state index < -0.39 is 19.9 Å². The molecule has 0 amide bonds. The van der Waals surface area contributed by atoms with Crippen LogP contribution in [0, 0.1) is 0 Å². The molecule has 0 unspecified atom stereocenters. The van der Waals surface area contributed by atoms with Crippen LogP contribution in [0.25, 0.3) is 0 Å². The van der Waals surface area contributed by atoms with Gasteiger partial charge < -0.3 is 19.0 Å². The van der Waals surface area contributed by atoms with E-state index in [9.17, 15) is 9.90 Å². The van der Waals surface area contributed by atoms with E-state index >= 15 is 0 Å². The molecule has 0 heterocycles. The van der Waals surface area contributed by atoms with Gasteiger partial charge in [0.05, 0.1) is 13.2 Å². The van der Waals surface area contributed by atoms with Crippen LogP contribution in [-0.4, -0.2) is 44.3 Å². The number of allylic oxidation sites excluding steroid dienone is 1. The van der Waals surface area contributed by atoms with E-state index in [2.05, 4.69) is 19.6 Å². The summed E-state index contributed by atoms with van der Waals surface area (Å²) in [7, 11) is -0.392. The first-order valence-electron chi connectivity index (χ1n) is 9.12. The van der Waals surface area contributed by atoms with Gasteiger partial charge in [-0.1, -0.05) is 12.8 Å². The van der Waals surface area contributed by atoms with Crippen molar-refractivity contribution in [2.24, 2.45) is 0 Å². The van der Waals surface area contributed by atoms with E-state index in [0.29, 0.717) is 12.2 Å². The van der Waals surface area contributed by atoms with Crippen LogP contribution in [0.1, 0.15) is 51.4 Å². The number of carbonyl (C=O) groups excluding carboxylic acids is 1. The zero-order valence-corrected chi connectivity index (χ0v) is 16.5. The predicted molar refractivity (Wildman–Crippen MR) is 95.1 cm³/mol. The largest absolute Gasteiger partial charge is 0.489 e. The van der Waals surface area contributed by atoms with E-state index in [1.807, 2.05) is 6.08 Å². The van der Waals surface area contributed by atoms with Gasteiger partial charge in [0.1, 0.15) is 11.9 Å². The molecule has 5 nitrogen and oxygen atoms in total. The van der Waals surface area contributed by atoms with E-state index in [1.54, 1.807) is 0 Å². The fourth-order valence-electron chi connectivity index (χ4n) is 3.53. The van der Waals surface area contributed by atoms with Gasteiger partial charge in [0.2, 0.25) is 5.60 Å². The van der Waals surface area contributed by atoms with Crippen LogP contribution in [0.3, 0.4) is 0 Å². The Morgan fingerprint density at radius 2 is 1.83 bits per heavy atom. The Morgan fingerprint density at radius 1 is 1.17 bits per heavy atom. The Morgan fingerprint density at radius 3 is 2.46 bits per heavy atom. The third-order valence-corrected chi connectivity index (χ3v) is 5.69. The Bertz CT molecular complexity index is 471. The third-order valence-electron chi connectivity index (χ3n) is 4.68. The standard InChI is InChI=1S/C18H32O5Si/c1-21-17(19)18(20)13-9-8-12-16(18)22-14-10-6-5-7-11-15(14)23-24(2,3)4/h12,14-15,20H,5-11,13H2,1-4H3/t14-,15-,18-/m0/s1. The van der Waals surface area contributed by atoms with Crippen molar-refractivity contribution in [3.8, 4) is 0 Å². The van der Waals surface area contributed by atoms with Crippen molar-refractivity contribution in [1.29, 1.82) is 0 Å². The molecule has 138 valence electrons. The molecule has 24 heavy (non-hydrogen) atoms. The predicted octanol–water partition coefficient (Wildman–Crippen LogP) is 3.53. The molecule has 0 spiro atoms. The topological polar surface area (TPSA) is 65.0 Å². The lowest BCUT2D eigenvalue weighted by molar-refractivity contribution is -0.166. The van der Waals surface area contributed by atoms with Gasteiger partial charge in [-0.05, 0) is 64.2 Å². The second-order valence-electron chi connectivity index (χ2n) is 7.88. The van der Waals surface area contributed by atoms with E-state index in [0.717, 1.165) is 38.5 Å². The van der Waals surface area contributed by atoms with Crippen molar-refractivity contribution in [2.45, 2.75) is 88.8 Å². The molecule has 0 aromatic heterocycles. The highest BCUT2D eigenvalue weighted by atomic mass is 28.4. The molecular weight excluding hydrogens is 324 g/mol. The molecule has 0 bridgehead atoms. The molecule has 1 N–H and O–H groups in total. The summed E-state index contributed by atoms with van der Waals surface area (Å²) in [6, 6.07) is 0. The van der Waals surface area contributed by atoms with Gasteiger partial charge in [0.25, 0.3) is 0 Å². The van der Waals surface area contributed by atoms with Crippen molar-refractivity contribution >= 4 is 14.3 Å². The maximum absolute atomic E-state index is 12.1. The van der Waals surface area contributed by atoms with Gasteiger partial charge in [-0.3, -0.25) is 0 Å². The highest BCUT2D eigenvalue weighted by Crippen LogP contribution is 2.35. The van der Waals surface area contributed by atoms with Crippen molar-refractivity contribution < 1.29 is 23.8 Å². The SMILES string of the molecule is COC(=O)[C@]1(O)CCCC=C1O[C@H]1CCCCC[C@@H]1O[Si](C)(C)C. The molecule has 0 aromatic rings. The summed E-state index contributed by atoms with van der Waals surface area (Å²) in [5.41, 5.74) is -1.65. The molecule has 3 atom stereocenters. The van der Waals surface area contributed by atoms with E-state index in [-0.39, 0.29) is 12.2 Å². The summed E-state index contributed by atoms with van der Waals surface area (Å²) in [5.74, 6) is -0.276. The first-order chi connectivity index (χ1) is 11.3. The Labute approximate surface area is 146 Å². The van der Waals surface area contributed by atoms with Gasteiger partial charge in [0.15, 0.2) is 8.32 Å². The molecule has 1 saturated carbocycles. The highest BCUT2D eigenvalue weighted by molar-refractivity contribution is 6.69. The summed E-state index contributed by atoms with van der Waals surface area (Å²) in [6.45, 7) is 6.54. The first kappa shape index (κ1) is 19.5. The lowest BCUT2D eigenvalue weighted by atomic mass is 9.88. The summed E-state index contributed by atoms with van der Waals surface area (Å²) < 4.78 is 17.4. The van der Waals surface area contributed by atoms with Crippen molar-refractivity contribution in [3.63, 3.8) is 0 Å². The average Bonchev–Trinajstić information content (AvgIpc) is 2.72. The first-order valence-corrected chi connectivity index (χ1v) is 12.5. The molecule has 2 rings (SSSR count). The lowest BCUT2D eigenvalue weighted by Gasteiger charge is -2.37. The zero-order valence-electron chi connectivity index (χ0n) is 15.5. The van der Waals surface area contributed by atoms with Gasteiger partial charge in [-0.2, -0.15) is 0 Å². The Hall–Kier alpha value is -0.853. The van der Waals surface area contributed by atoms with Gasteiger partial charge >= 0.3 is 5.97 Å². The van der Waals surface area contributed by atoms with Gasteiger partial charge in [-0.15, -0.1) is 0 Å². The van der Waals surface area contributed by atoms with Crippen molar-refractivity contribution in [1.82, 2.24) is 0 Å². The smallest absolute Gasteiger partial charge is 0.345 e. The van der Waals surface area contributed by atoms with Crippen molar-refractivity contribution in [3.05, 3.63) is 11.8 Å². The number of methoxy groups -OCH3 is 1. The number of carbonyl (C=O) groups is 1. The second kappa shape index (κ2) is 8.02. The number of esters is 1. The van der Waals surface area contributed by atoms with Crippen LogP contribution in [0.4, 0.5) is 0 Å². The molecule has 0 aliphatic heterocycles. The monoisotopic (exact) mass is 356 g/mol. The van der Waals surface area contributed by atoms with Crippen LogP contribution in [-0.2, 0) is 18.7 Å². The average molecular weight is 357 g/mol. The fraction of sp³-hybridized carbons (Fsp3) is 0.833. The van der Waals surface area contributed by atoms with Gasteiger partial charge in [0, 0.05) is 0 Å².